The summed E-state index contributed by atoms with van der Waals surface area (Å²) in [6, 6.07) is 5.29. The average molecular weight is 321 g/mol. The Morgan fingerprint density at radius 3 is 2.70 bits per heavy atom. The van der Waals surface area contributed by atoms with Gasteiger partial charge in [-0.25, -0.2) is 4.79 Å². The van der Waals surface area contributed by atoms with Gasteiger partial charge in [0.2, 0.25) is 0 Å². The molecule has 0 unspecified atom stereocenters. The van der Waals surface area contributed by atoms with E-state index >= 15 is 0 Å². The Kier molecular flexibility index (Phi) is 5.85. The molecule has 23 heavy (non-hydrogen) atoms. The number of nitrogens with one attached hydrogen (secondary N) is 2. The molecule has 1 aromatic rings. The molecule has 2 rings (SSSR count). The lowest BCUT2D eigenvalue weighted by molar-refractivity contribution is 0.0635. The maximum Gasteiger partial charge on any atom is 0.412 e. The van der Waals surface area contributed by atoms with Gasteiger partial charge < -0.3 is 20.1 Å². The van der Waals surface area contributed by atoms with Gasteiger partial charge in [-0.1, -0.05) is 12.1 Å². The minimum Gasteiger partial charge on any atom is -0.506 e. The Labute approximate surface area is 137 Å². The first-order chi connectivity index (χ1) is 10.8. The number of phenolic OH excluding ortho intramolecular Hbond substituents is 1. The van der Waals surface area contributed by atoms with E-state index in [2.05, 4.69) is 15.5 Å². The van der Waals surface area contributed by atoms with Crippen LogP contribution in [0, 0.1) is 0 Å². The van der Waals surface area contributed by atoms with Gasteiger partial charge in [0.15, 0.2) is 0 Å². The van der Waals surface area contributed by atoms with Crippen molar-refractivity contribution in [1.29, 1.82) is 0 Å². The fourth-order valence-corrected chi connectivity index (χ4v) is 2.56. The van der Waals surface area contributed by atoms with Crippen molar-refractivity contribution in [2.45, 2.75) is 32.8 Å². The molecule has 0 saturated carbocycles. The standard InChI is InChI=1S/C17H27N3O3/c1-17(2,3)23-16(22)19-15-13(5-4-6-14(15)21)7-10-20-11-8-18-9-12-20/h4-6,18,21H,7-12H2,1-3H3,(H,19,22). The molecule has 128 valence electrons. The molecule has 1 aliphatic rings. The molecular weight excluding hydrogens is 294 g/mol. The molecule has 1 heterocycles. The van der Waals surface area contributed by atoms with Crippen molar-refractivity contribution in [2.24, 2.45) is 0 Å². The number of rotatable bonds is 4. The number of anilines is 1. The molecule has 0 bridgehead atoms. The van der Waals surface area contributed by atoms with Crippen LogP contribution in [-0.2, 0) is 11.2 Å². The summed E-state index contributed by atoms with van der Waals surface area (Å²) in [6.45, 7) is 10.4. The summed E-state index contributed by atoms with van der Waals surface area (Å²) in [4.78, 5) is 14.3. The van der Waals surface area contributed by atoms with Crippen LogP contribution < -0.4 is 10.6 Å². The highest BCUT2D eigenvalue weighted by Crippen LogP contribution is 2.28. The van der Waals surface area contributed by atoms with Gasteiger partial charge >= 0.3 is 6.09 Å². The molecule has 6 heteroatoms. The fraction of sp³-hybridized carbons (Fsp3) is 0.588. The molecule has 0 radical (unpaired) electrons. The summed E-state index contributed by atoms with van der Waals surface area (Å²) in [7, 11) is 0. The number of benzene rings is 1. The maximum absolute atomic E-state index is 12.0. The van der Waals surface area contributed by atoms with Crippen molar-refractivity contribution in [3.63, 3.8) is 0 Å². The SMILES string of the molecule is CC(C)(C)OC(=O)Nc1c(O)cccc1CCN1CCNCC1. The van der Waals surface area contributed by atoms with Crippen molar-refractivity contribution in [3.05, 3.63) is 23.8 Å². The van der Waals surface area contributed by atoms with Crippen molar-refractivity contribution in [2.75, 3.05) is 38.0 Å². The first-order valence-corrected chi connectivity index (χ1v) is 8.09. The summed E-state index contributed by atoms with van der Waals surface area (Å²) in [6.07, 6.45) is 0.210. The third-order valence-corrected chi connectivity index (χ3v) is 3.66. The van der Waals surface area contributed by atoms with Gasteiger partial charge in [-0.2, -0.15) is 0 Å². The lowest BCUT2D eigenvalue weighted by Crippen LogP contribution is -2.44. The van der Waals surface area contributed by atoms with E-state index < -0.39 is 11.7 Å². The number of hydrogen-bond acceptors (Lipinski definition) is 5. The Bertz CT molecular complexity index is 534. The molecule has 6 nitrogen and oxygen atoms in total. The number of para-hydroxylation sites is 1. The second kappa shape index (κ2) is 7.66. The molecular formula is C17H27N3O3. The summed E-state index contributed by atoms with van der Waals surface area (Å²) in [5, 5.41) is 16.1. The highest BCUT2D eigenvalue weighted by atomic mass is 16.6. The largest absolute Gasteiger partial charge is 0.506 e. The fourth-order valence-electron chi connectivity index (χ4n) is 2.56. The monoisotopic (exact) mass is 321 g/mol. The molecule has 0 aromatic heterocycles. The van der Waals surface area contributed by atoms with Crippen molar-refractivity contribution >= 4 is 11.8 Å². The zero-order chi connectivity index (χ0) is 16.9. The van der Waals surface area contributed by atoms with Crippen molar-refractivity contribution < 1.29 is 14.6 Å². The predicted molar refractivity (Wildman–Crippen MR) is 91.0 cm³/mol. The zero-order valence-corrected chi connectivity index (χ0v) is 14.2. The Balaban J connectivity index is 2.02. The molecule has 0 aliphatic carbocycles. The van der Waals surface area contributed by atoms with Crippen LogP contribution in [0.3, 0.4) is 0 Å². The highest BCUT2D eigenvalue weighted by molar-refractivity contribution is 5.88. The zero-order valence-electron chi connectivity index (χ0n) is 14.2. The van der Waals surface area contributed by atoms with Crippen LogP contribution in [0.1, 0.15) is 26.3 Å². The number of carbonyl (C=O) groups excluding carboxylic acids is 1. The minimum absolute atomic E-state index is 0.0636. The summed E-state index contributed by atoms with van der Waals surface area (Å²) in [5.41, 5.74) is 0.779. The van der Waals surface area contributed by atoms with E-state index in [1.54, 1.807) is 12.1 Å². The number of aromatic hydroxyl groups is 1. The predicted octanol–water partition coefficient (Wildman–Crippen LogP) is 2.19. The van der Waals surface area contributed by atoms with Gasteiger partial charge in [-0.15, -0.1) is 0 Å². The lowest BCUT2D eigenvalue weighted by Gasteiger charge is -2.27. The minimum atomic E-state index is -0.574. The summed E-state index contributed by atoms with van der Waals surface area (Å²) < 4.78 is 5.27. The van der Waals surface area contributed by atoms with Gasteiger partial charge in [-0.05, 0) is 38.8 Å². The Hall–Kier alpha value is -1.79. The van der Waals surface area contributed by atoms with E-state index in [1.807, 2.05) is 26.8 Å². The van der Waals surface area contributed by atoms with E-state index in [1.165, 1.54) is 0 Å². The molecule has 0 atom stereocenters. The molecule has 1 aromatic carbocycles. The second-order valence-corrected chi connectivity index (χ2v) is 6.78. The van der Waals surface area contributed by atoms with Crippen LogP contribution in [0.15, 0.2) is 18.2 Å². The van der Waals surface area contributed by atoms with Gasteiger partial charge in [0.1, 0.15) is 11.4 Å². The first-order valence-electron chi connectivity index (χ1n) is 8.09. The number of amides is 1. The Morgan fingerprint density at radius 1 is 1.35 bits per heavy atom. The van der Waals surface area contributed by atoms with E-state index in [-0.39, 0.29) is 5.75 Å². The van der Waals surface area contributed by atoms with Gasteiger partial charge in [0.05, 0.1) is 5.69 Å². The first kappa shape index (κ1) is 17.6. The van der Waals surface area contributed by atoms with Crippen molar-refractivity contribution in [3.8, 4) is 5.75 Å². The topological polar surface area (TPSA) is 73.8 Å². The third kappa shape index (κ3) is 5.73. The number of ether oxygens (including phenoxy) is 1. The van der Waals surface area contributed by atoms with Crippen LogP contribution >= 0.6 is 0 Å². The molecule has 1 saturated heterocycles. The third-order valence-electron chi connectivity index (χ3n) is 3.66. The van der Waals surface area contributed by atoms with Crippen LogP contribution in [0.2, 0.25) is 0 Å². The molecule has 0 spiro atoms. The van der Waals surface area contributed by atoms with E-state index in [0.717, 1.165) is 44.7 Å². The number of piperazine rings is 1. The molecule has 1 fully saturated rings. The highest BCUT2D eigenvalue weighted by Gasteiger charge is 2.19. The van der Waals surface area contributed by atoms with E-state index in [9.17, 15) is 9.90 Å². The quantitative estimate of drug-likeness (QED) is 0.741. The molecule has 1 aliphatic heterocycles. The second-order valence-electron chi connectivity index (χ2n) is 6.78. The van der Waals surface area contributed by atoms with Crippen LogP contribution in [0.25, 0.3) is 0 Å². The van der Waals surface area contributed by atoms with Crippen LogP contribution in [-0.4, -0.2) is 54.4 Å². The number of hydrogen-bond donors (Lipinski definition) is 3. The average Bonchev–Trinajstić information content (AvgIpc) is 2.47. The van der Waals surface area contributed by atoms with Gasteiger partial charge in [0, 0.05) is 32.7 Å². The number of carbonyl (C=O) groups is 1. The number of phenols is 1. The molecule has 3 N–H and O–H groups in total. The smallest absolute Gasteiger partial charge is 0.412 e. The number of nitrogens with zero attached hydrogens (tertiary/aromatic N) is 1. The normalized spacial score (nSPS) is 16.1. The van der Waals surface area contributed by atoms with E-state index in [0.29, 0.717) is 5.69 Å². The van der Waals surface area contributed by atoms with Crippen molar-refractivity contribution in [1.82, 2.24) is 10.2 Å². The van der Waals surface area contributed by atoms with Crippen LogP contribution in [0.4, 0.5) is 10.5 Å². The maximum atomic E-state index is 12.0. The summed E-state index contributed by atoms with van der Waals surface area (Å²) >= 11 is 0. The summed E-state index contributed by atoms with van der Waals surface area (Å²) in [5.74, 6) is 0.0636. The lowest BCUT2D eigenvalue weighted by atomic mass is 10.1. The van der Waals surface area contributed by atoms with Gasteiger partial charge in [0.25, 0.3) is 0 Å². The van der Waals surface area contributed by atoms with E-state index in [4.69, 9.17) is 4.74 Å². The Morgan fingerprint density at radius 2 is 2.04 bits per heavy atom. The van der Waals surface area contributed by atoms with Gasteiger partial charge in [-0.3, -0.25) is 5.32 Å². The molecule has 1 amide bonds. The van der Waals surface area contributed by atoms with Crippen LogP contribution in [0.5, 0.6) is 5.75 Å².